The van der Waals surface area contributed by atoms with Crippen molar-refractivity contribution < 1.29 is 36.6 Å². The summed E-state index contributed by atoms with van der Waals surface area (Å²) in [6.45, 7) is 4.86. The minimum Gasteiger partial charge on any atom is -0.494 e. The molecule has 10 nitrogen and oxygen atoms in total. The first-order valence-electron chi connectivity index (χ1n) is 13.4. The predicted molar refractivity (Wildman–Crippen MR) is 157 cm³/mol. The highest BCUT2D eigenvalue weighted by molar-refractivity contribution is 7.92. The number of methoxy groups -OCH3 is 2. The number of anilines is 1. The fourth-order valence-electron chi connectivity index (χ4n) is 4.22. The second kappa shape index (κ2) is 14.5. The summed E-state index contributed by atoms with van der Waals surface area (Å²) in [5.41, 5.74) is 0.357. The highest BCUT2D eigenvalue weighted by atomic mass is 32.2. The fourth-order valence-corrected chi connectivity index (χ4v) is 5.65. The van der Waals surface area contributed by atoms with Crippen LogP contribution in [0.4, 0.5) is 10.1 Å². The normalized spacial score (nSPS) is 11.8. The molecule has 0 aliphatic carbocycles. The quantitative estimate of drug-likeness (QED) is 0.297. The number of nitrogens with zero attached hydrogens (tertiary/aromatic N) is 2. The molecule has 1 N–H and O–H groups in total. The number of benzene rings is 3. The zero-order chi connectivity index (χ0) is 30.9. The molecule has 0 aliphatic heterocycles. The minimum absolute atomic E-state index is 0.153. The Morgan fingerprint density at radius 1 is 0.952 bits per heavy atom. The summed E-state index contributed by atoms with van der Waals surface area (Å²) >= 11 is 0. The van der Waals surface area contributed by atoms with E-state index in [1.165, 1.54) is 69.7 Å². The average Bonchev–Trinajstić information content (AvgIpc) is 2.99. The number of carbonyl (C=O) groups is 2. The predicted octanol–water partition coefficient (Wildman–Crippen LogP) is 3.99. The number of nitrogens with one attached hydrogen (secondary N) is 1. The SMILES string of the molecule is CCNC(=O)[C@@H](C)N(Cc1ccccc1F)C(=O)CN(c1ccc(OCC)cc1)S(=O)(=O)c1ccc(OC)c(OC)c1. The fraction of sp³-hybridized carbons (Fsp3) is 0.333. The molecule has 3 aromatic rings. The summed E-state index contributed by atoms with van der Waals surface area (Å²) in [4.78, 5) is 27.7. The van der Waals surface area contributed by atoms with E-state index in [1.807, 2.05) is 6.92 Å². The second-order valence-electron chi connectivity index (χ2n) is 9.14. The van der Waals surface area contributed by atoms with Crippen LogP contribution in [0.15, 0.2) is 71.6 Å². The van der Waals surface area contributed by atoms with Crippen molar-refractivity contribution in [1.29, 1.82) is 0 Å². The molecule has 0 heterocycles. The van der Waals surface area contributed by atoms with Gasteiger partial charge in [0.1, 0.15) is 24.2 Å². The number of halogens is 1. The molecule has 0 fully saturated rings. The molecule has 3 aromatic carbocycles. The van der Waals surface area contributed by atoms with Gasteiger partial charge in [0.05, 0.1) is 31.4 Å². The number of hydrogen-bond acceptors (Lipinski definition) is 7. The number of ether oxygens (including phenoxy) is 3. The molecule has 0 saturated carbocycles. The average molecular weight is 602 g/mol. The van der Waals surface area contributed by atoms with Crippen molar-refractivity contribution in [2.45, 2.75) is 38.3 Å². The van der Waals surface area contributed by atoms with Crippen molar-refractivity contribution in [3.05, 3.63) is 78.1 Å². The molecule has 0 saturated heterocycles. The maximum absolute atomic E-state index is 14.6. The van der Waals surface area contributed by atoms with Gasteiger partial charge in [0.2, 0.25) is 11.8 Å². The lowest BCUT2D eigenvalue weighted by molar-refractivity contribution is -0.139. The van der Waals surface area contributed by atoms with Gasteiger partial charge in [-0.05, 0) is 63.2 Å². The first-order chi connectivity index (χ1) is 20.1. The lowest BCUT2D eigenvalue weighted by Gasteiger charge is -2.32. The number of sulfonamides is 1. The van der Waals surface area contributed by atoms with Crippen molar-refractivity contribution in [3.63, 3.8) is 0 Å². The van der Waals surface area contributed by atoms with E-state index >= 15 is 0 Å². The van der Waals surface area contributed by atoms with Crippen LogP contribution >= 0.6 is 0 Å². The number of carbonyl (C=O) groups excluding carboxylic acids is 2. The van der Waals surface area contributed by atoms with Crippen molar-refractivity contribution >= 4 is 27.5 Å². The molecule has 0 bridgehead atoms. The third-order valence-electron chi connectivity index (χ3n) is 6.47. The van der Waals surface area contributed by atoms with E-state index in [-0.39, 0.29) is 28.4 Å². The Morgan fingerprint density at radius 2 is 1.62 bits per heavy atom. The van der Waals surface area contributed by atoms with Gasteiger partial charge in [-0.25, -0.2) is 12.8 Å². The van der Waals surface area contributed by atoms with Crippen LogP contribution in [-0.2, 0) is 26.2 Å². The van der Waals surface area contributed by atoms with Crippen LogP contribution in [0, 0.1) is 5.82 Å². The van der Waals surface area contributed by atoms with Gasteiger partial charge >= 0.3 is 0 Å². The third kappa shape index (κ3) is 7.49. The summed E-state index contributed by atoms with van der Waals surface area (Å²) < 4.78 is 59.7. The van der Waals surface area contributed by atoms with Crippen LogP contribution in [0.2, 0.25) is 0 Å². The topological polar surface area (TPSA) is 114 Å². The van der Waals surface area contributed by atoms with Gasteiger partial charge in [0, 0.05) is 24.7 Å². The summed E-state index contributed by atoms with van der Waals surface area (Å²) in [5, 5.41) is 2.67. The van der Waals surface area contributed by atoms with Crippen LogP contribution in [-0.4, -0.2) is 65.1 Å². The number of hydrogen-bond donors (Lipinski definition) is 1. The van der Waals surface area contributed by atoms with E-state index in [0.717, 1.165) is 9.21 Å². The molecule has 226 valence electrons. The molecule has 0 radical (unpaired) electrons. The Bertz CT molecular complexity index is 1480. The summed E-state index contributed by atoms with van der Waals surface area (Å²) in [6.07, 6.45) is 0. The first-order valence-corrected chi connectivity index (χ1v) is 14.8. The van der Waals surface area contributed by atoms with Gasteiger partial charge in [0.25, 0.3) is 10.0 Å². The smallest absolute Gasteiger partial charge is 0.264 e. The van der Waals surface area contributed by atoms with Gasteiger partial charge in [-0.2, -0.15) is 0 Å². The van der Waals surface area contributed by atoms with Crippen LogP contribution in [0.5, 0.6) is 17.2 Å². The highest BCUT2D eigenvalue weighted by Gasteiger charge is 2.33. The van der Waals surface area contributed by atoms with E-state index in [0.29, 0.717) is 24.7 Å². The van der Waals surface area contributed by atoms with Gasteiger partial charge in [-0.1, -0.05) is 18.2 Å². The minimum atomic E-state index is -4.37. The standard InChI is InChI=1S/C30H36FN3O7S/c1-6-32-30(36)21(3)33(19-22-10-8-9-11-26(22)31)29(35)20-34(23-12-14-24(15-13-23)41-7-2)42(37,38)25-16-17-27(39-4)28(18-25)40-5/h8-18,21H,6-7,19-20H2,1-5H3,(H,32,36)/t21-/m1/s1. The van der Waals surface area contributed by atoms with E-state index in [2.05, 4.69) is 5.32 Å². The Labute approximate surface area is 246 Å². The Kier molecular flexibility index (Phi) is 11.1. The molecule has 2 amide bonds. The van der Waals surface area contributed by atoms with E-state index in [1.54, 1.807) is 25.1 Å². The van der Waals surface area contributed by atoms with Crippen LogP contribution in [0.3, 0.4) is 0 Å². The molecule has 0 unspecified atom stereocenters. The first kappa shape index (κ1) is 32.2. The van der Waals surface area contributed by atoms with Crippen LogP contribution < -0.4 is 23.8 Å². The summed E-state index contributed by atoms with van der Waals surface area (Å²) in [7, 11) is -1.56. The highest BCUT2D eigenvalue weighted by Crippen LogP contribution is 2.33. The summed E-state index contributed by atoms with van der Waals surface area (Å²) in [5.74, 6) is -0.705. The molecule has 42 heavy (non-hydrogen) atoms. The molecular formula is C30H36FN3O7S. The van der Waals surface area contributed by atoms with E-state index in [4.69, 9.17) is 14.2 Å². The maximum atomic E-state index is 14.6. The molecule has 1 atom stereocenters. The largest absolute Gasteiger partial charge is 0.494 e. The van der Waals surface area contributed by atoms with Crippen molar-refractivity contribution in [2.75, 3.05) is 38.2 Å². The Morgan fingerprint density at radius 3 is 2.21 bits per heavy atom. The monoisotopic (exact) mass is 601 g/mol. The van der Waals surface area contributed by atoms with Crippen molar-refractivity contribution in [1.82, 2.24) is 10.2 Å². The Hall–Kier alpha value is -4.32. The van der Waals surface area contributed by atoms with Crippen molar-refractivity contribution in [3.8, 4) is 17.2 Å². The second-order valence-corrected chi connectivity index (χ2v) is 11.0. The van der Waals surface area contributed by atoms with Gasteiger partial charge in [0.15, 0.2) is 11.5 Å². The van der Waals surface area contributed by atoms with Crippen LogP contribution in [0.25, 0.3) is 0 Å². The molecular weight excluding hydrogens is 565 g/mol. The zero-order valence-electron chi connectivity index (χ0n) is 24.3. The number of likely N-dealkylation sites (N-methyl/N-ethyl adjacent to an activating group) is 1. The number of amides is 2. The molecule has 0 spiro atoms. The molecule has 3 rings (SSSR count). The van der Waals surface area contributed by atoms with E-state index < -0.39 is 40.2 Å². The lowest BCUT2D eigenvalue weighted by atomic mass is 10.1. The third-order valence-corrected chi connectivity index (χ3v) is 8.24. The van der Waals surface area contributed by atoms with E-state index in [9.17, 15) is 22.4 Å². The zero-order valence-corrected chi connectivity index (χ0v) is 25.1. The van der Waals surface area contributed by atoms with Gasteiger partial charge < -0.3 is 24.4 Å². The lowest BCUT2D eigenvalue weighted by Crippen LogP contribution is -2.51. The van der Waals surface area contributed by atoms with Crippen molar-refractivity contribution in [2.24, 2.45) is 0 Å². The molecule has 0 aromatic heterocycles. The van der Waals surface area contributed by atoms with Gasteiger partial charge in [-0.3, -0.25) is 13.9 Å². The molecule has 0 aliphatic rings. The summed E-state index contributed by atoms with van der Waals surface area (Å²) in [6, 6.07) is 15.2. The maximum Gasteiger partial charge on any atom is 0.264 e. The molecule has 12 heteroatoms. The van der Waals surface area contributed by atoms with Gasteiger partial charge in [-0.15, -0.1) is 0 Å². The Balaban J connectivity index is 2.09. The van der Waals surface area contributed by atoms with Crippen LogP contribution in [0.1, 0.15) is 26.3 Å². The number of rotatable bonds is 14.